The van der Waals surface area contributed by atoms with Gasteiger partial charge in [-0.15, -0.1) is 0 Å². The lowest BCUT2D eigenvalue weighted by Crippen LogP contribution is -2.39. The van der Waals surface area contributed by atoms with Crippen LogP contribution >= 0.6 is 11.6 Å². The van der Waals surface area contributed by atoms with Gasteiger partial charge in [-0.2, -0.15) is 0 Å². The molecule has 1 unspecified atom stereocenters. The lowest BCUT2D eigenvalue weighted by Gasteiger charge is -2.33. The highest BCUT2D eigenvalue weighted by atomic mass is 35.5. The Hall–Kier alpha value is -0.600. The van der Waals surface area contributed by atoms with Crippen molar-refractivity contribution in [2.75, 3.05) is 6.54 Å². The molecule has 0 radical (unpaired) electrons. The summed E-state index contributed by atoms with van der Waals surface area (Å²) in [5.41, 5.74) is 0.665. The van der Waals surface area contributed by atoms with Crippen molar-refractivity contribution in [2.45, 2.75) is 52.0 Å². The minimum atomic E-state index is -0.176. The predicted octanol–water partition coefficient (Wildman–Crippen LogP) is 4.83. The van der Waals surface area contributed by atoms with E-state index in [0.29, 0.717) is 29.0 Å². The van der Waals surface area contributed by atoms with Gasteiger partial charge in [-0.05, 0) is 49.8 Å². The maximum atomic E-state index is 14.0. The van der Waals surface area contributed by atoms with E-state index in [-0.39, 0.29) is 5.82 Å². The third-order valence-electron chi connectivity index (χ3n) is 4.58. The van der Waals surface area contributed by atoms with Crippen LogP contribution in [-0.2, 0) is 6.42 Å². The largest absolute Gasteiger partial charge is 0.314 e. The van der Waals surface area contributed by atoms with Crippen molar-refractivity contribution < 1.29 is 4.39 Å². The van der Waals surface area contributed by atoms with Gasteiger partial charge < -0.3 is 5.32 Å². The van der Waals surface area contributed by atoms with E-state index in [1.807, 2.05) is 0 Å². The number of hydrogen-bond donors (Lipinski definition) is 1. The Labute approximate surface area is 126 Å². The van der Waals surface area contributed by atoms with Crippen LogP contribution in [0.5, 0.6) is 0 Å². The molecule has 0 aliphatic heterocycles. The number of rotatable bonds is 5. The van der Waals surface area contributed by atoms with Gasteiger partial charge in [-0.25, -0.2) is 4.39 Å². The van der Waals surface area contributed by atoms with E-state index in [2.05, 4.69) is 19.2 Å². The summed E-state index contributed by atoms with van der Waals surface area (Å²) in [6.45, 7) is 5.36. The number of nitrogens with one attached hydrogen (secondary N) is 1. The first kappa shape index (κ1) is 15.8. The minimum absolute atomic E-state index is 0.176. The minimum Gasteiger partial charge on any atom is -0.314 e. The summed E-state index contributed by atoms with van der Waals surface area (Å²) in [7, 11) is 0. The molecule has 1 saturated carbocycles. The summed E-state index contributed by atoms with van der Waals surface area (Å²) in [6, 6.07) is 5.30. The van der Waals surface area contributed by atoms with Crippen LogP contribution in [0.25, 0.3) is 0 Å². The van der Waals surface area contributed by atoms with Crippen molar-refractivity contribution in [3.63, 3.8) is 0 Å². The molecule has 1 nitrogen and oxygen atoms in total. The van der Waals surface area contributed by atoms with Crippen molar-refractivity contribution in [3.8, 4) is 0 Å². The van der Waals surface area contributed by atoms with E-state index in [9.17, 15) is 4.39 Å². The van der Waals surface area contributed by atoms with E-state index in [1.165, 1.54) is 31.7 Å². The monoisotopic (exact) mass is 297 g/mol. The number of likely N-dealkylation sites (N-methyl/N-ethyl adjacent to an activating group) is 1. The molecule has 112 valence electrons. The second-order valence-corrected chi connectivity index (χ2v) is 6.50. The van der Waals surface area contributed by atoms with Gasteiger partial charge in [0.25, 0.3) is 0 Å². The van der Waals surface area contributed by atoms with Crippen LogP contribution < -0.4 is 5.32 Å². The molecule has 1 aliphatic carbocycles. The molecule has 1 aromatic rings. The molecular weight excluding hydrogens is 273 g/mol. The van der Waals surface area contributed by atoms with Crippen molar-refractivity contribution in [1.29, 1.82) is 0 Å². The Kier molecular flexibility index (Phi) is 5.86. The summed E-state index contributed by atoms with van der Waals surface area (Å²) >= 11 is 6.17. The molecule has 1 aliphatic rings. The molecule has 1 aromatic carbocycles. The van der Waals surface area contributed by atoms with Gasteiger partial charge in [0, 0.05) is 16.6 Å². The molecule has 0 spiro atoms. The molecule has 0 aromatic heterocycles. The molecule has 1 fully saturated rings. The van der Waals surface area contributed by atoms with Gasteiger partial charge >= 0.3 is 0 Å². The smallest absolute Gasteiger partial charge is 0.127 e. The molecule has 1 atom stereocenters. The SMILES string of the molecule is CCNC(Cc1c(F)cccc1Cl)C1CCC(C)CC1. The summed E-state index contributed by atoms with van der Waals surface area (Å²) in [5, 5.41) is 4.10. The van der Waals surface area contributed by atoms with Crippen LogP contribution in [0.1, 0.15) is 45.1 Å². The van der Waals surface area contributed by atoms with Crippen LogP contribution in [0.15, 0.2) is 18.2 Å². The van der Waals surface area contributed by atoms with Gasteiger partial charge in [0.05, 0.1) is 0 Å². The first-order valence-corrected chi connectivity index (χ1v) is 8.15. The number of benzene rings is 1. The Morgan fingerprint density at radius 3 is 2.60 bits per heavy atom. The fraction of sp³-hybridized carbons (Fsp3) is 0.647. The first-order chi connectivity index (χ1) is 9.61. The van der Waals surface area contributed by atoms with E-state index in [4.69, 9.17) is 11.6 Å². The van der Waals surface area contributed by atoms with Crippen molar-refractivity contribution in [2.24, 2.45) is 11.8 Å². The van der Waals surface area contributed by atoms with Gasteiger partial charge in [-0.1, -0.05) is 44.4 Å². The molecule has 0 heterocycles. The summed E-state index contributed by atoms with van der Waals surface area (Å²) in [4.78, 5) is 0. The maximum Gasteiger partial charge on any atom is 0.127 e. The average Bonchev–Trinajstić information content (AvgIpc) is 2.43. The predicted molar refractivity (Wildman–Crippen MR) is 83.7 cm³/mol. The van der Waals surface area contributed by atoms with Gasteiger partial charge in [0.1, 0.15) is 5.82 Å². The summed E-state index contributed by atoms with van der Waals surface area (Å²) < 4.78 is 14.0. The summed E-state index contributed by atoms with van der Waals surface area (Å²) in [6.07, 6.45) is 5.75. The Morgan fingerprint density at radius 1 is 1.30 bits per heavy atom. The highest BCUT2D eigenvalue weighted by molar-refractivity contribution is 6.31. The van der Waals surface area contributed by atoms with E-state index < -0.39 is 0 Å². The Balaban J connectivity index is 2.09. The molecule has 0 amide bonds. The van der Waals surface area contributed by atoms with Gasteiger partial charge in [-0.3, -0.25) is 0 Å². The quantitative estimate of drug-likeness (QED) is 0.821. The standard InChI is InChI=1S/C17H25ClFN/c1-3-20-17(13-9-7-12(2)8-10-13)11-14-15(18)5-4-6-16(14)19/h4-6,12-13,17,20H,3,7-11H2,1-2H3. The maximum absolute atomic E-state index is 14.0. The molecule has 3 heteroatoms. The fourth-order valence-corrected chi connectivity index (χ4v) is 3.54. The Bertz CT molecular complexity index is 407. The van der Waals surface area contributed by atoms with Crippen molar-refractivity contribution >= 4 is 11.6 Å². The van der Waals surface area contributed by atoms with Crippen molar-refractivity contribution in [1.82, 2.24) is 5.32 Å². The molecule has 2 rings (SSSR count). The third-order valence-corrected chi connectivity index (χ3v) is 4.94. The first-order valence-electron chi connectivity index (χ1n) is 7.78. The van der Waals surface area contributed by atoms with Crippen molar-refractivity contribution in [3.05, 3.63) is 34.6 Å². The normalized spacial score (nSPS) is 24.6. The van der Waals surface area contributed by atoms with Crippen LogP contribution in [0, 0.1) is 17.7 Å². The Morgan fingerprint density at radius 2 is 2.00 bits per heavy atom. The second-order valence-electron chi connectivity index (χ2n) is 6.09. The lowest BCUT2D eigenvalue weighted by molar-refractivity contribution is 0.229. The zero-order valence-electron chi connectivity index (χ0n) is 12.5. The van der Waals surface area contributed by atoms with Gasteiger partial charge in [0.2, 0.25) is 0 Å². The number of halogens is 2. The van der Waals surface area contributed by atoms with E-state index in [1.54, 1.807) is 12.1 Å². The summed E-state index contributed by atoms with van der Waals surface area (Å²) in [5.74, 6) is 1.30. The topological polar surface area (TPSA) is 12.0 Å². The highest BCUT2D eigenvalue weighted by Gasteiger charge is 2.26. The molecular formula is C17H25ClFN. The molecule has 0 saturated heterocycles. The zero-order valence-corrected chi connectivity index (χ0v) is 13.2. The zero-order chi connectivity index (χ0) is 14.5. The average molecular weight is 298 g/mol. The lowest BCUT2D eigenvalue weighted by atomic mass is 9.77. The number of hydrogen-bond acceptors (Lipinski definition) is 1. The molecule has 0 bridgehead atoms. The van der Waals surface area contributed by atoms with E-state index in [0.717, 1.165) is 12.5 Å². The van der Waals surface area contributed by atoms with Crippen LogP contribution in [-0.4, -0.2) is 12.6 Å². The molecule has 20 heavy (non-hydrogen) atoms. The van der Waals surface area contributed by atoms with E-state index >= 15 is 0 Å². The van der Waals surface area contributed by atoms with Crippen LogP contribution in [0.4, 0.5) is 4.39 Å². The molecule has 1 N–H and O–H groups in total. The van der Waals surface area contributed by atoms with Gasteiger partial charge in [0.15, 0.2) is 0 Å². The third kappa shape index (κ3) is 3.95. The highest BCUT2D eigenvalue weighted by Crippen LogP contribution is 2.32. The van der Waals surface area contributed by atoms with Crippen LogP contribution in [0.2, 0.25) is 5.02 Å². The second kappa shape index (κ2) is 7.42. The van der Waals surface area contributed by atoms with Crippen LogP contribution in [0.3, 0.4) is 0 Å². The fourth-order valence-electron chi connectivity index (χ4n) is 3.30.